The molecule has 0 saturated heterocycles. The van der Waals surface area contributed by atoms with Gasteiger partial charge in [0.1, 0.15) is 11.6 Å². The Hall–Kier alpha value is -4.14. The largest absolute Gasteiger partial charge is 0.493 e. The number of aromatic nitrogens is 4. The second kappa shape index (κ2) is 10.1. The topological polar surface area (TPSA) is 106 Å². The van der Waals surface area contributed by atoms with E-state index in [2.05, 4.69) is 46.7 Å². The number of urea groups is 1. The van der Waals surface area contributed by atoms with Crippen LogP contribution in [0.3, 0.4) is 0 Å². The second-order valence-electron chi connectivity index (χ2n) is 10.3. The van der Waals surface area contributed by atoms with E-state index >= 15 is 0 Å². The summed E-state index contributed by atoms with van der Waals surface area (Å²) in [7, 11) is 1.79. The highest BCUT2D eigenvalue weighted by Gasteiger charge is 2.30. The van der Waals surface area contributed by atoms with E-state index in [4.69, 9.17) is 9.84 Å². The van der Waals surface area contributed by atoms with Crippen molar-refractivity contribution in [3.05, 3.63) is 66.1 Å². The molecule has 0 radical (unpaired) electrons. The van der Waals surface area contributed by atoms with Crippen molar-refractivity contribution in [3.63, 3.8) is 0 Å². The van der Waals surface area contributed by atoms with Gasteiger partial charge in [0.05, 0.1) is 24.0 Å². The number of anilines is 3. The minimum Gasteiger partial charge on any atom is -0.493 e. The van der Waals surface area contributed by atoms with Crippen LogP contribution in [0.1, 0.15) is 51.0 Å². The lowest BCUT2D eigenvalue weighted by Gasteiger charge is -2.14. The van der Waals surface area contributed by atoms with Gasteiger partial charge in [0, 0.05) is 47.6 Å². The summed E-state index contributed by atoms with van der Waals surface area (Å²) in [4.78, 5) is 21.6. The molecule has 3 N–H and O–H groups in total. The zero-order valence-electron chi connectivity index (χ0n) is 21.7. The molecule has 2 heterocycles. The van der Waals surface area contributed by atoms with Gasteiger partial charge in [0.15, 0.2) is 0 Å². The number of ether oxygens (including phenoxy) is 1. The van der Waals surface area contributed by atoms with Gasteiger partial charge in [-0.25, -0.2) is 19.4 Å². The van der Waals surface area contributed by atoms with Crippen LogP contribution in [-0.4, -0.2) is 39.4 Å². The minimum absolute atomic E-state index is 0.0955. The summed E-state index contributed by atoms with van der Waals surface area (Å²) in [6.07, 6.45) is 4.55. The van der Waals surface area contributed by atoms with E-state index in [1.165, 1.54) is 0 Å². The smallest absolute Gasteiger partial charge is 0.324 e. The monoisotopic (exact) mass is 499 g/mol. The SMILES string of the molecule is CNc1nccc(CCOc2ccc(NC(=O)Nc3cc(C(C)(C)C)nn3C3CC3)c3ccccc23)n1. The predicted molar refractivity (Wildman–Crippen MR) is 147 cm³/mol. The zero-order chi connectivity index (χ0) is 26.0. The highest BCUT2D eigenvalue weighted by molar-refractivity contribution is 6.07. The standard InChI is InChI=1S/C28H33N7O2/c1-28(2,3)24-17-25(35(34-24)19-9-10-19)33-27(36)32-22-11-12-23(21-8-6-5-7-20(21)22)37-16-14-18-13-15-30-26(29-4)31-18/h5-8,11-13,15,17,19H,9-10,14,16H2,1-4H3,(H,29,30,31)(H2,32,33,36). The van der Waals surface area contributed by atoms with Crippen molar-refractivity contribution in [1.82, 2.24) is 19.7 Å². The van der Waals surface area contributed by atoms with E-state index in [1.54, 1.807) is 13.2 Å². The quantitative estimate of drug-likeness (QED) is 0.284. The molecule has 0 bridgehead atoms. The molecule has 1 saturated carbocycles. The lowest BCUT2D eigenvalue weighted by molar-refractivity contribution is 0.262. The third-order valence-electron chi connectivity index (χ3n) is 6.32. The number of fused-ring (bicyclic) bond motifs is 1. The number of benzene rings is 2. The third kappa shape index (κ3) is 5.66. The lowest BCUT2D eigenvalue weighted by Crippen LogP contribution is -2.21. The summed E-state index contributed by atoms with van der Waals surface area (Å²) in [6, 6.07) is 15.6. The molecule has 1 aliphatic rings. The summed E-state index contributed by atoms with van der Waals surface area (Å²) in [5.74, 6) is 2.07. The molecule has 2 amide bonds. The molecule has 9 heteroatoms. The fourth-order valence-electron chi connectivity index (χ4n) is 4.15. The van der Waals surface area contributed by atoms with Gasteiger partial charge in [0.25, 0.3) is 0 Å². The molecular formula is C28H33N7O2. The summed E-state index contributed by atoms with van der Waals surface area (Å²) in [5.41, 5.74) is 2.48. The van der Waals surface area contributed by atoms with Gasteiger partial charge in [-0.15, -0.1) is 0 Å². The van der Waals surface area contributed by atoms with Gasteiger partial charge in [-0.05, 0) is 31.0 Å². The first-order chi connectivity index (χ1) is 17.8. The van der Waals surface area contributed by atoms with Gasteiger partial charge in [-0.2, -0.15) is 5.10 Å². The van der Waals surface area contributed by atoms with E-state index < -0.39 is 0 Å². The van der Waals surface area contributed by atoms with E-state index in [0.29, 0.717) is 30.7 Å². The number of carbonyl (C=O) groups is 1. The molecular weight excluding hydrogens is 466 g/mol. The normalized spacial score (nSPS) is 13.4. The van der Waals surface area contributed by atoms with Crippen LogP contribution in [0, 0.1) is 0 Å². The number of amides is 2. The minimum atomic E-state index is -0.301. The van der Waals surface area contributed by atoms with Gasteiger partial charge >= 0.3 is 6.03 Å². The molecule has 192 valence electrons. The second-order valence-corrected chi connectivity index (χ2v) is 10.3. The molecule has 2 aromatic heterocycles. The number of hydrogen-bond acceptors (Lipinski definition) is 6. The maximum absolute atomic E-state index is 13.0. The molecule has 37 heavy (non-hydrogen) atoms. The number of carbonyl (C=O) groups excluding carboxylic acids is 1. The number of rotatable bonds is 8. The maximum Gasteiger partial charge on any atom is 0.324 e. The summed E-state index contributed by atoms with van der Waals surface area (Å²) < 4.78 is 8.07. The van der Waals surface area contributed by atoms with Gasteiger partial charge in [-0.3, -0.25) is 5.32 Å². The van der Waals surface area contributed by atoms with Crippen molar-refractivity contribution in [1.29, 1.82) is 0 Å². The lowest BCUT2D eigenvalue weighted by atomic mass is 9.92. The first-order valence-electron chi connectivity index (χ1n) is 12.6. The Bertz CT molecular complexity index is 1420. The highest BCUT2D eigenvalue weighted by atomic mass is 16.5. The predicted octanol–water partition coefficient (Wildman–Crippen LogP) is 5.77. The molecule has 0 spiro atoms. The van der Waals surface area contributed by atoms with Gasteiger partial charge < -0.3 is 15.4 Å². The molecule has 0 unspecified atom stereocenters. The molecule has 4 aromatic rings. The Morgan fingerprint density at radius 2 is 1.86 bits per heavy atom. The van der Waals surface area contributed by atoms with Crippen molar-refractivity contribution >= 4 is 34.3 Å². The van der Waals surface area contributed by atoms with Gasteiger partial charge in [-0.1, -0.05) is 45.0 Å². The number of nitrogens with one attached hydrogen (secondary N) is 3. The molecule has 2 aromatic carbocycles. The summed E-state index contributed by atoms with van der Waals surface area (Å²) in [5, 5.41) is 15.6. The first kappa shape index (κ1) is 24.5. The molecule has 9 nitrogen and oxygen atoms in total. The van der Waals surface area contributed by atoms with Crippen molar-refractivity contribution in [2.24, 2.45) is 0 Å². The van der Waals surface area contributed by atoms with Crippen LogP contribution < -0.4 is 20.7 Å². The Morgan fingerprint density at radius 3 is 2.59 bits per heavy atom. The van der Waals surface area contributed by atoms with E-state index in [-0.39, 0.29) is 11.4 Å². The van der Waals surface area contributed by atoms with Crippen molar-refractivity contribution in [3.8, 4) is 5.75 Å². The summed E-state index contributed by atoms with van der Waals surface area (Å²) >= 11 is 0. The fraction of sp³-hybridized carbons (Fsp3) is 0.357. The Morgan fingerprint density at radius 1 is 1.08 bits per heavy atom. The molecule has 5 rings (SSSR count). The molecule has 0 aliphatic heterocycles. The Labute approximate surface area is 216 Å². The highest BCUT2D eigenvalue weighted by Crippen LogP contribution is 2.38. The molecule has 0 atom stereocenters. The molecule has 1 fully saturated rings. The van der Waals surface area contributed by atoms with E-state index in [0.717, 1.165) is 46.6 Å². The Kier molecular flexibility index (Phi) is 6.69. The van der Waals surface area contributed by atoms with Crippen LogP contribution in [0.5, 0.6) is 5.75 Å². The van der Waals surface area contributed by atoms with Crippen LogP contribution >= 0.6 is 0 Å². The number of hydrogen-bond donors (Lipinski definition) is 3. The van der Waals surface area contributed by atoms with Crippen LogP contribution in [-0.2, 0) is 11.8 Å². The van der Waals surface area contributed by atoms with Crippen molar-refractivity contribution in [2.75, 3.05) is 29.6 Å². The van der Waals surface area contributed by atoms with Crippen LogP contribution in [0.15, 0.2) is 54.7 Å². The van der Waals surface area contributed by atoms with Gasteiger partial charge in [0.2, 0.25) is 5.95 Å². The van der Waals surface area contributed by atoms with Crippen LogP contribution in [0.25, 0.3) is 10.8 Å². The Balaban J connectivity index is 1.30. The fourth-order valence-corrected chi connectivity index (χ4v) is 4.15. The molecule has 1 aliphatic carbocycles. The van der Waals surface area contributed by atoms with Crippen molar-refractivity contribution in [2.45, 2.75) is 51.5 Å². The van der Waals surface area contributed by atoms with E-state index in [1.807, 2.05) is 53.2 Å². The van der Waals surface area contributed by atoms with Crippen LogP contribution in [0.2, 0.25) is 0 Å². The summed E-state index contributed by atoms with van der Waals surface area (Å²) in [6.45, 7) is 6.84. The maximum atomic E-state index is 13.0. The zero-order valence-corrected chi connectivity index (χ0v) is 21.7. The average molecular weight is 500 g/mol. The first-order valence-corrected chi connectivity index (χ1v) is 12.6. The number of nitrogens with zero attached hydrogens (tertiary/aromatic N) is 4. The van der Waals surface area contributed by atoms with E-state index in [9.17, 15) is 4.79 Å². The average Bonchev–Trinajstić information content (AvgIpc) is 3.64. The van der Waals surface area contributed by atoms with Crippen molar-refractivity contribution < 1.29 is 9.53 Å². The van der Waals surface area contributed by atoms with Crippen LogP contribution in [0.4, 0.5) is 22.2 Å². The third-order valence-corrected chi connectivity index (χ3v) is 6.32.